The van der Waals surface area contributed by atoms with Crippen molar-refractivity contribution < 1.29 is 14.7 Å². The highest BCUT2D eigenvalue weighted by Gasteiger charge is 2.20. The third-order valence-corrected chi connectivity index (χ3v) is 4.85. The van der Waals surface area contributed by atoms with Crippen molar-refractivity contribution in [1.82, 2.24) is 5.32 Å². The Morgan fingerprint density at radius 2 is 1.19 bits per heavy atom. The van der Waals surface area contributed by atoms with Gasteiger partial charge in [-0.15, -0.1) is 0 Å². The lowest BCUT2D eigenvalue weighted by atomic mass is 10.0. The summed E-state index contributed by atoms with van der Waals surface area (Å²) in [6, 6.07) is -0.746. The maximum atomic E-state index is 11.9. The van der Waals surface area contributed by atoms with Gasteiger partial charge in [-0.1, -0.05) is 97.8 Å². The molecule has 0 aliphatic carbocycles. The molecule has 0 radical (unpaired) electrons. The minimum Gasteiger partial charge on any atom is -0.480 e. The lowest BCUT2D eigenvalue weighted by Gasteiger charge is -2.16. The van der Waals surface area contributed by atoms with Crippen molar-refractivity contribution in [3.05, 3.63) is 0 Å². The highest BCUT2D eigenvalue weighted by molar-refractivity contribution is 5.83. The highest BCUT2D eigenvalue weighted by atomic mass is 16.4. The van der Waals surface area contributed by atoms with Crippen LogP contribution in [0.15, 0.2) is 0 Å². The molecule has 0 spiro atoms. The first kappa shape index (κ1) is 24.9. The van der Waals surface area contributed by atoms with Crippen molar-refractivity contribution >= 4 is 11.9 Å². The van der Waals surface area contributed by atoms with Gasteiger partial charge < -0.3 is 10.4 Å². The zero-order chi connectivity index (χ0) is 19.6. The van der Waals surface area contributed by atoms with Crippen LogP contribution in [-0.4, -0.2) is 23.0 Å². The number of carbonyl (C=O) groups excluding carboxylic acids is 1. The number of amides is 1. The molecule has 1 amide bonds. The van der Waals surface area contributed by atoms with Gasteiger partial charge in [0, 0.05) is 6.42 Å². The zero-order valence-electron chi connectivity index (χ0n) is 17.5. The van der Waals surface area contributed by atoms with E-state index < -0.39 is 12.0 Å². The fraction of sp³-hybridized carbons (Fsp3) is 0.909. The van der Waals surface area contributed by atoms with Crippen LogP contribution in [0, 0.1) is 5.92 Å². The van der Waals surface area contributed by atoms with E-state index >= 15 is 0 Å². The number of carboxylic acid groups (broad SMARTS) is 1. The average Bonchev–Trinajstić information content (AvgIpc) is 2.58. The van der Waals surface area contributed by atoms with Gasteiger partial charge in [-0.2, -0.15) is 0 Å². The van der Waals surface area contributed by atoms with E-state index in [1.165, 1.54) is 70.6 Å². The molecule has 1 unspecified atom stereocenters. The Balaban J connectivity index is 3.46. The fourth-order valence-electron chi connectivity index (χ4n) is 3.26. The molecule has 0 rings (SSSR count). The maximum absolute atomic E-state index is 11.9. The molecular formula is C22H43NO3. The van der Waals surface area contributed by atoms with Crippen LogP contribution in [0.25, 0.3) is 0 Å². The third-order valence-electron chi connectivity index (χ3n) is 4.85. The smallest absolute Gasteiger partial charge is 0.326 e. The lowest BCUT2D eigenvalue weighted by molar-refractivity contribution is -0.142. The molecular weight excluding hydrogens is 326 g/mol. The van der Waals surface area contributed by atoms with Crippen molar-refractivity contribution in [2.45, 2.75) is 123 Å². The Hall–Kier alpha value is -1.06. The summed E-state index contributed by atoms with van der Waals surface area (Å²) in [6.07, 6.45) is 17.6. The van der Waals surface area contributed by atoms with Gasteiger partial charge in [0.05, 0.1) is 0 Å². The molecule has 26 heavy (non-hydrogen) atoms. The van der Waals surface area contributed by atoms with Gasteiger partial charge in [0.25, 0.3) is 0 Å². The van der Waals surface area contributed by atoms with Crippen LogP contribution in [-0.2, 0) is 9.59 Å². The van der Waals surface area contributed by atoms with Gasteiger partial charge in [-0.3, -0.25) is 4.79 Å². The van der Waals surface area contributed by atoms with Gasteiger partial charge in [-0.05, 0) is 18.8 Å². The van der Waals surface area contributed by atoms with Gasteiger partial charge in [-0.25, -0.2) is 4.79 Å². The second-order valence-electron chi connectivity index (χ2n) is 8.08. The molecule has 0 aromatic rings. The van der Waals surface area contributed by atoms with Gasteiger partial charge in [0.1, 0.15) is 6.04 Å². The average molecular weight is 370 g/mol. The van der Waals surface area contributed by atoms with E-state index in [9.17, 15) is 9.59 Å². The van der Waals surface area contributed by atoms with E-state index in [2.05, 4.69) is 12.2 Å². The number of unbranched alkanes of at least 4 members (excludes halogenated alkanes) is 12. The van der Waals surface area contributed by atoms with Crippen LogP contribution in [0.4, 0.5) is 0 Å². The van der Waals surface area contributed by atoms with Crippen molar-refractivity contribution in [2.24, 2.45) is 5.92 Å². The Bertz CT molecular complexity index is 355. The molecule has 0 aromatic heterocycles. The van der Waals surface area contributed by atoms with Gasteiger partial charge >= 0.3 is 5.97 Å². The molecule has 4 heteroatoms. The fourth-order valence-corrected chi connectivity index (χ4v) is 3.26. The Kier molecular flexibility index (Phi) is 16.7. The molecule has 1 atom stereocenters. The zero-order valence-corrected chi connectivity index (χ0v) is 17.5. The first-order valence-electron chi connectivity index (χ1n) is 11.0. The van der Waals surface area contributed by atoms with Crippen LogP contribution < -0.4 is 5.32 Å². The summed E-state index contributed by atoms with van der Waals surface area (Å²) in [5, 5.41) is 11.8. The monoisotopic (exact) mass is 369 g/mol. The number of rotatable bonds is 18. The summed E-state index contributed by atoms with van der Waals surface area (Å²) in [5.74, 6) is -0.800. The molecule has 2 N–H and O–H groups in total. The van der Waals surface area contributed by atoms with E-state index in [0.717, 1.165) is 12.8 Å². The van der Waals surface area contributed by atoms with E-state index in [1.807, 2.05) is 13.8 Å². The lowest BCUT2D eigenvalue weighted by Crippen LogP contribution is -2.41. The van der Waals surface area contributed by atoms with E-state index in [-0.39, 0.29) is 11.8 Å². The number of aliphatic carboxylic acids is 1. The second kappa shape index (κ2) is 17.4. The summed E-state index contributed by atoms with van der Waals surface area (Å²) in [7, 11) is 0. The minimum atomic E-state index is -0.933. The molecule has 4 nitrogen and oxygen atoms in total. The molecule has 0 aliphatic rings. The minimum absolute atomic E-state index is 0.124. The molecule has 0 aliphatic heterocycles. The van der Waals surface area contributed by atoms with Crippen molar-refractivity contribution in [2.75, 3.05) is 0 Å². The van der Waals surface area contributed by atoms with E-state index in [4.69, 9.17) is 5.11 Å². The molecule has 0 saturated carbocycles. The number of carbonyl (C=O) groups is 2. The number of nitrogens with one attached hydrogen (secondary N) is 1. The summed E-state index contributed by atoms with van der Waals surface area (Å²) in [4.78, 5) is 23.0. The normalized spacial score (nSPS) is 12.3. The van der Waals surface area contributed by atoms with E-state index in [1.54, 1.807) is 0 Å². The predicted octanol–water partition coefficient (Wildman–Crippen LogP) is 6.08. The van der Waals surface area contributed by atoms with Crippen LogP contribution in [0.2, 0.25) is 0 Å². The molecule has 0 bridgehead atoms. The quantitative estimate of drug-likeness (QED) is 0.288. The van der Waals surface area contributed by atoms with Gasteiger partial charge in [0.15, 0.2) is 0 Å². The van der Waals surface area contributed by atoms with Crippen LogP contribution in [0.5, 0.6) is 0 Å². The van der Waals surface area contributed by atoms with Crippen LogP contribution in [0.1, 0.15) is 117 Å². The van der Waals surface area contributed by atoms with Crippen molar-refractivity contribution in [1.29, 1.82) is 0 Å². The third kappa shape index (κ3) is 16.4. The van der Waals surface area contributed by atoms with Crippen LogP contribution in [0.3, 0.4) is 0 Å². The molecule has 0 saturated heterocycles. The summed E-state index contributed by atoms with van der Waals surface area (Å²) >= 11 is 0. The topological polar surface area (TPSA) is 66.4 Å². The van der Waals surface area contributed by atoms with Crippen molar-refractivity contribution in [3.8, 4) is 0 Å². The highest BCUT2D eigenvalue weighted by Crippen LogP contribution is 2.13. The first-order chi connectivity index (χ1) is 12.5. The second-order valence-corrected chi connectivity index (χ2v) is 8.08. The summed E-state index contributed by atoms with van der Waals surface area (Å²) in [6.45, 7) is 6.19. The van der Waals surface area contributed by atoms with Crippen LogP contribution >= 0.6 is 0 Å². The maximum Gasteiger partial charge on any atom is 0.326 e. The predicted molar refractivity (Wildman–Crippen MR) is 109 cm³/mol. The molecule has 0 heterocycles. The standard InChI is InChI=1S/C22H43NO3/c1-4-5-6-7-8-9-10-11-12-13-14-15-16-17-21(24)23-20(22(25)26)18-19(2)3/h19-20H,4-18H2,1-3H3,(H,23,24)(H,25,26). The number of hydrogen-bond acceptors (Lipinski definition) is 2. The Labute approximate surface area is 161 Å². The molecule has 0 aromatic carbocycles. The molecule has 0 fully saturated rings. The Morgan fingerprint density at radius 1 is 0.769 bits per heavy atom. The number of hydrogen-bond donors (Lipinski definition) is 2. The Morgan fingerprint density at radius 3 is 1.58 bits per heavy atom. The van der Waals surface area contributed by atoms with E-state index in [0.29, 0.717) is 12.8 Å². The van der Waals surface area contributed by atoms with Gasteiger partial charge in [0.2, 0.25) is 5.91 Å². The summed E-state index contributed by atoms with van der Waals surface area (Å²) < 4.78 is 0. The number of carboxylic acids is 1. The van der Waals surface area contributed by atoms with Crippen molar-refractivity contribution in [3.63, 3.8) is 0 Å². The largest absolute Gasteiger partial charge is 0.480 e. The SMILES string of the molecule is CCCCCCCCCCCCCCCC(=O)NC(CC(C)C)C(=O)O. The molecule has 154 valence electrons. The summed E-state index contributed by atoms with van der Waals surface area (Å²) in [5.41, 5.74) is 0. The first-order valence-corrected chi connectivity index (χ1v) is 11.0.